The predicted molar refractivity (Wildman–Crippen MR) is 83.1 cm³/mol. The minimum Gasteiger partial charge on any atom is -0.445 e. The van der Waals surface area contributed by atoms with Crippen LogP contribution in [0.2, 0.25) is 0 Å². The summed E-state index contributed by atoms with van der Waals surface area (Å²) < 4.78 is 5.81. The van der Waals surface area contributed by atoms with Crippen molar-refractivity contribution in [2.24, 2.45) is 0 Å². The van der Waals surface area contributed by atoms with Crippen molar-refractivity contribution < 1.29 is 4.42 Å². The van der Waals surface area contributed by atoms with Crippen molar-refractivity contribution in [2.45, 2.75) is 59.3 Å². The molecule has 0 aliphatic heterocycles. The minimum atomic E-state index is -0.0173. The van der Waals surface area contributed by atoms with E-state index in [1.807, 2.05) is 6.92 Å². The van der Waals surface area contributed by atoms with Gasteiger partial charge in [-0.1, -0.05) is 47.6 Å². The third kappa shape index (κ3) is 2.33. The van der Waals surface area contributed by atoms with Gasteiger partial charge < -0.3 is 4.42 Å². The van der Waals surface area contributed by atoms with Crippen molar-refractivity contribution in [1.82, 2.24) is 0 Å². The van der Waals surface area contributed by atoms with Crippen LogP contribution in [0.3, 0.4) is 0 Å². The molecule has 2 aromatic rings. The molecule has 0 aliphatic carbocycles. The Morgan fingerprint density at radius 3 is 2.05 bits per heavy atom. The Bertz CT molecular complexity index is 700. The van der Waals surface area contributed by atoms with Gasteiger partial charge in [-0.05, 0) is 29.4 Å². The number of fused-ring (bicyclic) bond motifs is 1. The smallest absolute Gasteiger partial charge is 0.207 e. The second-order valence-corrected chi connectivity index (χ2v) is 7.57. The standard InChI is InChI=1S/C18H23NO/c1-11-13-8-12(17(2,3)4)9-14(18(5,6)7)16(13)20-15(11)10-19/h8-9H,1-7H3. The summed E-state index contributed by atoms with van der Waals surface area (Å²) in [5, 5.41) is 10.3. The molecular formula is C18H23NO. The van der Waals surface area contributed by atoms with Crippen LogP contribution < -0.4 is 0 Å². The number of hydrogen-bond acceptors (Lipinski definition) is 2. The van der Waals surface area contributed by atoms with Gasteiger partial charge in [-0.3, -0.25) is 0 Å². The minimum absolute atomic E-state index is 0.0173. The van der Waals surface area contributed by atoms with E-state index in [2.05, 4.69) is 59.7 Å². The summed E-state index contributed by atoms with van der Waals surface area (Å²) in [6, 6.07) is 6.55. The van der Waals surface area contributed by atoms with Crippen LogP contribution in [0.1, 0.15) is 64.0 Å². The molecule has 0 radical (unpaired) electrons. The highest BCUT2D eigenvalue weighted by Gasteiger charge is 2.25. The van der Waals surface area contributed by atoms with Gasteiger partial charge in [-0.2, -0.15) is 5.26 Å². The summed E-state index contributed by atoms with van der Waals surface area (Å²) >= 11 is 0. The summed E-state index contributed by atoms with van der Waals surface area (Å²) in [5.74, 6) is 0.427. The third-order valence-corrected chi connectivity index (χ3v) is 3.81. The maximum absolute atomic E-state index is 9.20. The van der Waals surface area contributed by atoms with Crippen LogP contribution in [-0.2, 0) is 10.8 Å². The van der Waals surface area contributed by atoms with E-state index in [-0.39, 0.29) is 10.8 Å². The van der Waals surface area contributed by atoms with Crippen molar-refractivity contribution in [3.05, 3.63) is 34.6 Å². The van der Waals surface area contributed by atoms with Crippen molar-refractivity contribution in [3.63, 3.8) is 0 Å². The molecule has 1 heterocycles. The van der Waals surface area contributed by atoms with Gasteiger partial charge >= 0.3 is 0 Å². The van der Waals surface area contributed by atoms with E-state index in [1.54, 1.807) is 0 Å². The largest absolute Gasteiger partial charge is 0.445 e. The first-order valence-electron chi connectivity index (χ1n) is 7.04. The molecule has 0 bridgehead atoms. The molecule has 0 aliphatic rings. The zero-order valence-corrected chi connectivity index (χ0v) is 13.5. The van der Waals surface area contributed by atoms with Gasteiger partial charge in [0.15, 0.2) is 0 Å². The summed E-state index contributed by atoms with van der Waals surface area (Å²) in [4.78, 5) is 0. The Balaban J connectivity index is 2.92. The molecular weight excluding hydrogens is 246 g/mol. The highest BCUT2D eigenvalue weighted by atomic mass is 16.3. The highest BCUT2D eigenvalue weighted by molar-refractivity contribution is 5.87. The van der Waals surface area contributed by atoms with Crippen molar-refractivity contribution in [3.8, 4) is 6.07 Å². The first kappa shape index (κ1) is 14.7. The average Bonchev–Trinajstić information content (AvgIpc) is 2.63. The van der Waals surface area contributed by atoms with Gasteiger partial charge in [0.2, 0.25) is 5.76 Å². The fourth-order valence-corrected chi connectivity index (χ4v) is 2.42. The van der Waals surface area contributed by atoms with Gasteiger partial charge in [0.1, 0.15) is 11.7 Å². The van der Waals surface area contributed by atoms with Crippen LogP contribution in [-0.4, -0.2) is 0 Å². The van der Waals surface area contributed by atoms with Crippen molar-refractivity contribution in [1.29, 1.82) is 5.26 Å². The van der Waals surface area contributed by atoms with E-state index in [0.29, 0.717) is 5.76 Å². The number of nitriles is 1. The third-order valence-electron chi connectivity index (χ3n) is 3.81. The Kier molecular flexibility index (Phi) is 3.21. The van der Waals surface area contributed by atoms with Gasteiger partial charge in [-0.25, -0.2) is 0 Å². The molecule has 2 heteroatoms. The maximum Gasteiger partial charge on any atom is 0.207 e. The number of benzene rings is 1. The number of furan rings is 1. The van der Waals surface area contributed by atoms with Crippen molar-refractivity contribution >= 4 is 11.0 Å². The number of aryl methyl sites for hydroxylation is 1. The zero-order valence-electron chi connectivity index (χ0n) is 13.5. The molecule has 2 nitrogen and oxygen atoms in total. The molecule has 0 unspecified atom stereocenters. The van der Waals surface area contributed by atoms with Gasteiger partial charge in [0, 0.05) is 16.5 Å². The molecule has 0 spiro atoms. The van der Waals surface area contributed by atoms with Crippen LogP contribution in [0.25, 0.3) is 11.0 Å². The van der Waals surface area contributed by atoms with Crippen LogP contribution in [0.15, 0.2) is 16.5 Å². The molecule has 0 saturated carbocycles. The quantitative estimate of drug-likeness (QED) is 0.658. The molecule has 20 heavy (non-hydrogen) atoms. The monoisotopic (exact) mass is 269 g/mol. The normalized spacial score (nSPS) is 12.7. The molecule has 1 aromatic heterocycles. The lowest BCUT2D eigenvalue weighted by atomic mass is 9.79. The van der Waals surface area contributed by atoms with E-state index in [9.17, 15) is 5.26 Å². The number of rotatable bonds is 0. The lowest BCUT2D eigenvalue weighted by Gasteiger charge is -2.25. The highest BCUT2D eigenvalue weighted by Crippen LogP contribution is 2.38. The van der Waals surface area contributed by atoms with E-state index < -0.39 is 0 Å². The number of nitrogens with zero attached hydrogens (tertiary/aromatic N) is 1. The Hall–Kier alpha value is -1.75. The first-order valence-corrected chi connectivity index (χ1v) is 7.04. The average molecular weight is 269 g/mol. The lowest BCUT2D eigenvalue weighted by molar-refractivity contribution is 0.544. The fourth-order valence-electron chi connectivity index (χ4n) is 2.42. The van der Waals surface area contributed by atoms with Gasteiger partial charge in [0.25, 0.3) is 0 Å². The molecule has 0 amide bonds. The van der Waals surface area contributed by atoms with E-state index >= 15 is 0 Å². The molecule has 106 valence electrons. The van der Waals surface area contributed by atoms with Crippen LogP contribution in [0.5, 0.6) is 0 Å². The molecule has 2 rings (SSSR count). The topological polar surface area (TPSA) is 36.9 Å². The first-order chi connectivity index (χ1) is 9.05. The lowest BCUT2D eigenvalue weighted by Crippen LogP contribution is -2.16. The summed E-state index contributed by atoms with van der Waals surface area (Å²) in [6.07, 6.45) is 0. The molecule has 0 saturated heterocycles. The van der Waals surface area contributed by atoms with Gasteiger partial charge in [-0.15, -0.1) is 0 Å². The second-order valence-electron chi connectivity index (χ2n) is 7.57. The van der Waals surface area contributed by atoms with Crippen molar-refractivity contribution in [2.75, 3.05) is 0 Å². The SMILES string of the molecule is Cc1c(C#N)oc2c(C(C)(C)C)cc(C(C)(C)C)cc12. The van der Waals surface area contributed by atoms with E-state index in [4.69, 9.17) is 4.42 Å². The Morgan fingerprint density at radius 2 is 1.60 bits per heavy atom. The summed E-state index contributed by atoms with van der Waals surface area (Å²) in [5.41, 5.74) is 4.31. The van der Waals surface area contributed by atoms with E-state index in [0.717, 1.165) is 16.5 Å². The zero-order chi connectivity index (χ0) is 15.3. The van der Waals surface area contributed by atoms with Crippen LogP contribution in [0.4, 0.5) is 0 Å². The van der Waals surface area contributed by atoms with Gasteiger partial charge in [0.05, 0.1) is 0 Å². The Labute approximate surface area is 121 Å². The fraction of sp³-hybridized carbons (Fsp3) is 0.500. The molecule has 0 atom stereocenters. The van der Waals surface area contributed by atoms with Crippen LogP contribution in [0, 0.1) is 18.3 Å². The molecule has 0 N–H and O–H groups in total. The number of hydrogen-bond donors (Lipinski definition) is 0. The van der Waals surface area contributed by atoms with Crippen LogP contribution >= 0.6 is 0 Å². The molecule has 1 aromatic carbocycles. The van der Waals surface area contributed by atoms with E-state index in [1.165, 1.54) is 11.1 Å². The second kappa shape index (κ2) is 4.38. The summed E-state index contributed by atoms with van der Waals surface area (Å²) in [7, 11) is 0. The summed E-state index contributed by atoms with van der Waals surface area (Å²) in [6.45, 7) is 15.1. The Morgan fingerprint density at radius 1 is 1.00 bits per heavy atom. The predicted octanol–water partition coefficient (Wildman–Crippen LogP) is 5.21. The maximum atomic E-state index is 9.20. The molecule has 0 fully saturated rings.